The molecule has 0 saturated carbocycles. The summed E-state index contributed by atoms with van der Waals surface area (Å²) in [6.07, 6.45) is 1.66. The van der Waals surface area contributed by atoms with Gasteiger partial charge in [0.1, 0.15) is 12.2 Å². The first-order chi connectivity index (χ1) is 12.8. The molecule has 0 unspecified atom stereocenters. The molecule has 0 fully saturated rings. The van der Waals surface area contributed by atoms with Crippen LogP contribution >= 0.6 is 22.9 Å². The largest absolute Gasteiger partial charge is 0.456 e. The standard InChI is InChI=1S/C21H18ClNO3S/c1-21(2,3)26-20(25)17-12-27-19-15(8-9-23-18(17)19)16-11-14(22)7-6-13(16)5-4-10-24/h6-9,11-12,24H,10H2,1-3H3. The zero-order chi connectivity index (χ0) is 19.6. The van der Waals surface area contributed by atoms with E-state index < -0.39 is 11.6 Å². The molecule has 6 heteroatoms. The number of rotatable bonds is 2. The van der Waals surface area contributed by atoms with E-state index in [0.29, 0.717) is 16.1 Å². The molecule has 0 saturated heterocycles. The molecule has 4 nitrogen and oxygen atoms in total. The highest BCUT2D eigenvalue weighted by Gasteiger charge is 2.22. The second-order valence-electron chi connectivity index (χ2n) is 6.84. The number of carbonyl (C=O) groups excluding carboxylic acids is 1. The zero-order valence-electron chi connectivity index (χ0n) is 15.2. The monoisotopic (exact) mass is 399 g/mol. The second kappa shape index (κ2) is 7.69. The number of pyridine rings is 1. The van der Waals surface area contributed by atoms with Crippen molar-refractivity contribution in [3.8, 4) is 23.0 Å². The summed E-state index contributed by atoms with van der Waals surface area (Å²) in [5.74, 6) is 5.22. The van der Waals surface area contributed by atoms with E-state index in [1.807, 2.05) is 39.0 Å². The fraction of sp³-hybridized carbons (Fsp3) is 0.238. The second-order valence-corrected chi connectivity index (χ2v) is 8.15. The zero-order valence-corrected chi connectivity index (χ0v) is 16.7. The van der Waals surface area contributed by atoms with Crippen LogP contribution in [0, 0.1) is 11.8 Å². The van der Waals surface area contributed by atoms with Crippen molar-refractivity contribution in [3.05, 3.63) is 52.0 Å². The van der Waals surface area contributed by atoms with Crippen LogP contribution in [0.25, 0.3) is 21.3 Å². The lowest BCUT2D eigenvalue weighted by Crippen LogP contribution is -2.23. The Morgan fingerprint density at radius 1 is 1.30 bits per heavy atom. The average molecular weight is 400 g/mol. The van der Waals surface area contributed by atoms with Crippen molar-refractivity contribution in [1.29, 1.82) is 0 Å². The van der Waals surface area contributed by atoms with Crippen LogP contribution < -0.4 is 0 Å². The molecule has 0 atom stereocenters. The molecule has 0 aliphatic rings. The van der Waals surface area contributed by atoms with Gasteiger partial charge in [0.25, 0.3) is 0 Å². The number of halogens is 1. The van der Waals surface area contributed by atoms with Crippen LogP contribution in [-0.4, -0.2) is 28.3 Å². The van der Waals surface area contributed by atoms with Crippen LogP contribution in [0.2, 0.25) is 5.02 Å². The maximum absolute atomic E-state index is 12.5. The van der Waals surface area contributed by atoms with Crippen LogP contribution in [0.1, 0.15) is 36.7 Å². The first-order valence-electron chi connectivity index (χ1n) is 8.29. The number of hydrogen-bond donors (Lipinski definition) is 1. The SMILES string of the molecule is CC(C)(C)OC(=O)c1csc2c(-c3cc(Cl)ccc3C#CCO)ccnc12. The minimum absolute atomic E-state index is 0.227. The van der Waals surface area contributed by atoms with Crippen molar-refractivity contribution < 1.29 is 14.6 Å². The molecule has 0 aliphatic heterocycles. The van der Waals surface area contributed by atoms with E-state index in [9.17, 15) is 4.79 Å². The molecule has 0 aliphatic carbocycles. The van der Waals surface area contributed by atoms with Gasteiger partial charge in [-0.25, -0.2) is 4.79 Å². The smallest absolute Gasteiger partial charge is 0.341 e. The summed E-state index contributed by atoms with van der Waals surface area (Å²) in [5.41, 5.74) is 2.90. The molecule has 0 spiro atoms. The lowest BCUT2D eigenvalue weighted by atomic mass is 10.00. The third-order valence-electron chi connectivity index (χ3n) is 3.65. The minimum atomic E-state index is -0.580. The van der Waals surface area contributed by atoms with E-state index >= 15 is 0 Å². The Morgan fingerprint density at radius 3 is 2.78 bits per heavy atom. The van der Waals surface area contributed by atoms with Gasteiger partial charge >= 0.3 is 5.97 Å². The van der Waals surface area contributed by atoms with Crippen LogP contribution in [0.15, 0.2) is 35.8 Å². The van der Waals surface area contributed by atoms with Gasteiger partial charge in [-0.05, 0) is 45.0 Å². The fourth-order valence-corrected chi connectivity index (χ4v) is 3.80. The van der Waals surface area contributed by atoms with Gasteiger partial charge in [0.2, 0.25) is 0 Å². The molecule has 1 aromatic carbocycles. The number of ether oxygens (including phenoxy) is 1. The van der Waals surface area contributed by atoms with Crippen LogP contribution in [0.5, 0.6) is 0 Å². The number of esters is 1. The molecule has 3 rings (SSSR count). The molecule has 2 aromatic heterocycles. The van der Waals surface area contributed by atoms with Gasteiger partial charge in [-0.3, -0.25) is 4.98 Å². The van der Waals surface area contributed by atoms with E-state index in [1.165, 1.54) is 11.3 Å². The average Bonchev–Trinajstić information content (AvgIpc) is 3.03. The number of benzene rings is 1. The van der Waals surface area contributed by atoms with E-state index in [1.54, 1.807) is 17.6 Å². The summed E-state index contributed by atoms with van der Waals surface area (Å²) in [5, 5.41) is 11.4. The highest BCUT2D eigenvalue weighted by molar-refractivity contribution is 7.18. The van der Waals surface area contributed by atoms with Crippen LogP contribution in [0.3, 0.4) is 0 Å². The van der Waals surface area contributed by atoms with Gasteiger partial charge < -0.3 is 9.84 Å². The Labute approximate surface area is 166 Å². The summed E-state index contributed by atoms with van der Waals surface area (Å²) >= 11 is 7.62. The summed E-state index contributed by atoms with van der Waals surface area (Å²) in [4.78, 5) is 16.9. The number of thiophene rings is 1. The van der Waals surface area contributed by atoms with Crippen LogP contribution in [0.4, 0.5) is 0 Å². The topological polar surface area (TPSA) is 59.4 Å². The lowest BCUT2D eigenvalue weighted by molar-refractivity contribution is 0.00721. The molecule has 2 heterocycles. The maximum Gasteiger partial charge on any atom is 0.341 e. The molecular formula is C21H18ClNO3S. The summed E-state index contributed by atoms with van der Waals surface area (Å²) in [6.45, 7) is 5.26. The number of nitrogens with zero attached hydrogens (tertiary/aromatic N) is 1. The molecule has 0 bridgehead atoms. The number of fused-ring (bicyclic) bond motifs is 1. The van der Waals surface area contributed by atoms with Gasteiger partial charge in [0.15, 0.2) is 0 Å². The quantitative estimate of drug-likeness (QED) is 0.491. The van der Waals surface area contributed by atoms with Crippen molar-refractivity contribution in [2.45, 2.75) is 26.4 Å². The van der Waals surface area contributed by atoms with Crippen molar-refractivity contribution in [3.63, 3.8) is 0 Å². The minimum Gasteiger partial charge on any atom is -0.456 e. The predicted octanol–water partition coefficient (Wildman–Crippen LogP) is 4.92. The Morgan fingerprint density at radius 2 is 2.07 bits per heavy atom. The number of carbonyl (C=O) groups is 1. The Hall–Kier alpha value is -2.39. The van der Waals surface area contributed by atoms with Crippen LogP contribution in [-0.2, 0) is 4.74 Å². The molecule has 3 aromatic rings. The van der Waals surface area contributed by atoms with Gasteiger partial charge in [-0.2, -0.15) is 0 Å². The van der Waals surface area contributed by atoms with Crippen molar-refractivity contribution in [2.24, 2.45) is 0 Å². The van der Waals surface area contributed by atoms with Crippen molar-refractivity contribution in [2.75, 3.05) is 6.61 Å². The maximum atomic E-state index is 12.5. The molecule has 138 valence electrons. The molecular weight excluding hydrogens is 382 g/mol. The number of aliphatic hydroxyl groups excluding tert-OH is 1. The van der Waals surface area contributed by atoms with Gasteiger partial charge in [-0.1, -0.05) is 23.4 Å². The summed E-state index contributed by atoms with van der Waals surface area (Å²) in [7, 11) is 0. The highest BCUT2D eigenvalue weighted by atomic mass is 35.5. The number of aliphatic hydroxyl groups is 1. The lowest BCUT2D eigenvalue weighted by Gasteiger charge is -2.19. The Balaban J connectivity index is 2.16. The third kappa shape index (κ3) is 4.30. The van der Waals surface area contributed by atoms with Gasteiger partial charge in [0, 0.05) is 33.3 Å². The van der Waals surface area contributed by atoms with E-state index in [4.69, 9.17) is 21.4 Å². The van der Waals surface area contributed by atoms with Crippen molar-refractivity contribution in [1.82, 2.24) is 4.98 Å². The molecule has 1 N–H and O–H groups in total. The molecule has 0 amide bonds. The number of aromatic nitrogens is 1. The number of hydrogen-bond acceptors (Lipinski definition) is 5. The molecule has 0 radical (unpaired) electrons. The fourth-order valence-electron chi connectivity index (χ4n) is 2.61. The van der Waals surface area contributed by atoms with Crippen molar-refractivity contribution >= 4 is 39.1 Å². The predicted molar refractivity (Wildman–Crippen MR) is 109 cm³/mol. The third-order valence-corrected chi connectivity index (χ3v) is 4.88. The van der Waals surface area contributed by atoms with E-state index in [0.717, 1.165) is 21.4 Å². The Kier molecular flexibility index (Phi) is 5.52. The van der Waals surface area contributed by atoms with E-state index in [-0.39, 0.29) is 6.61 Å². The summed E-state index contributed by atoms with van der Waals surface area (Å²) < 4.78 is 6.34. The van der Waals surface area contributed by atoms with Gasteiger partial charge in [0.05, 0.1) is 15.8 Å². The highest BCUT2D eigenvalue weighted by Crippen LogP contribution is 2.36. The Bertz CT molecular complexity index is 1070. The van der Waals surface area contributed by atoms with E-state index in [2.05, 4.69) is 16.8 Å². The first kappa shape index (κ1) is 19.4. The first-order valence-corrected chi connectivity index (χ1v) is 9.55. The molecule has 27 heavy (non-hydrogen) atoms. The van der Waals surface area contributed by atoms with Gasteiger partial charge in [-0.15, -0.1) is 11.3 Å². The normalized spacial score (nSPS) is 11.1. The summed E-state index contributed by atoms with van der Waals surface area (Å²) in [6, 6.07) is 7.26.